The summed E-state index contributed by atoms with van der Waals surface area (Å²) in [7, 11) is 0. The third-order valence-corrected chi connectivity index (χ3v) is 4.61. The number of nitrogens with zero attached hydrogens (tertiary/aromatic N) is 2. The molecular formula is C16H20N4O3S. The highest BCUT2D eigenvalue weighted by atomic mass is 32.1. The van der Waals surface area contributed by atoms with E-state index in [1.165, 1.54) is 11.3 Å². The van der Waals surface area contributed by atoms with Crippen molar-refractivity contribution in [1.29, 1.82) is 0 Å². The third-order valence-electron chi connectivity index (χ3n) is 3.97. The van der Waals surface area contributed by atoms with Crippen molar-refractivity contribution in [1.82, 2.24) is 20.5 Å². The number of furan rings is 1. The minimum absolute atomic E-state index is 0.0978. The van der Waals surface area contributed by atoms with Crippen LogP contribution in [0.3, 0.4) is 0 Å². The van der Waals surface area contributed by atoms with E-state index in [9.17, 15) is 9.59 Å². The number of thiazole rings is 1. The van der Waals surface area contributed by atoms with Crippen LogP contribution in [0.15, 0.2) is 33.9 Å². The molecule has 0 saturated carbocycles. The molecule has 1 saturated heterocycles. The number of piperazine rings is 1. The fraction of sp³-hybridized carbons (Fsp3) is 0.438. The van der Waals surface area contributed by atoms with Crippen molar-refractivity contribution in [2.24, 2.45) is 0 Å². The van der Waals surface area contributed by atoms with Crippen molar-refractivity contribution in [3.63, 3.8) is 0 Å². The Morgan fingerprint density at radius 3 is 3.21 bits per heavy atom. The molecule has 24 heavy (non-hydrogen) atoms. The highest BCUT2D eigenvalue weighted by Crippen LogP contribution is 2.14. The number of rotatable bonds is 7. The Labute approximate surface area is 144 Å². The Morgan fingerprint density at radius 2 is 2.46 bits per heavy atom. The van der Waals surface area contributed by atoms with E-state index in [0.29, 0.717) is 32.6 Å². The van der Waals surface area contributed by atoms with Crippen LogP contribution in [0, 0.1) is 0 Å². The van der Waals surface area contributed by atoms with Crippen molar-refractivity contribution in [2.45, 2.75) is 25.4 Å². The molecule has 7 nitrogen and oxygen atoms in total. The topological polar surface area (TPSA) is 87.5 Å². The van der Waals surface area contributed by atoms with Crippen LogP contribution in [0.1, 0.15) is 17.7 Å². The van der Waals surface area contributed by atoms with Gasteiger partial charge in [0, 0.05) is 43.5 Å². The fourth-order valence-corrected chi connectivity index (χ4v) is 3.32. The Balaban J connectivity index is 1.51. The average Bonchev–Trinajstić information content (AvgIpc) is 3.24. The zero-order valence-corrected chi connectivity index (χ0v) is 14.1. The number of carbonyl (C=O) groups excluding carboxylic acids is 2. The molecule has 128 valence electrons. The second-order valence-electron chi connectivity index (χ2n) is 5.69. The summed E-state index contributed by atoms with van der Waals surface area (Å²) in [5, 5.41) is 7.67. The molecule has 2 aromatic heterocycles. The first kappa shape index (κ1) is 16.7. The fourth-order valence-electron chi connectivity index (χ4n) is 2.73. The maximum absolute atomic E-state index is 12.2. The summed E-state index contributed by atoms with van der Waals surface area (Å²) in [6, 6.07) is 1.42. The van der Waals surface area contributed by atoms with E-state index in [2.05, 4.69) is 15.6 Å². The molecular weight excluding hydrogens is 328 g/mol. The van der Waals surface area contributed by atoms with E-state index in [-0.39, 0.29) is 18.2 Å². The molecule has 3 heterocycles. The monoisotopic (exact) mass is 348 g/mol. The summed E-state index contributed by atoms with van der Waals surface area (Å²) in [6.07, 6.45) is 4.13. The highest BCUT2D eigenvalue weighted by Gasteiger charge is 2.31. The van der Waals surface area contributed by atoms with Gasteiger partial charge in [0.1, 0.15) is 0 Å². The van der Waals surface area contributed by atoms with Gasteiger partial charge in [-0.05, 0) is 6.07 Å². The summed E-state index contributed by atoms with van der Waals surface area (Å²) < 4.78 is 5.08. The predicted octanol–water partition coefficient (Wildman–Crippen LogP) is 0.785. The van der Waals surface area contributed by atoms with Crippen molar-refractivity contribution in [3.05, 3.63) is 40.7 Å². The highest BCUT2D eigenvalue weighted by molar-refractivity contribution is 7.07. The van der Waals surface area contributed by atoms with Gasteiger partial charge in [-0.3, -0.25) is 14.5 Å². The maximum atomic E-state index is 12.2. The Morgan fingerprint density at radius 1 is 1.54 bits per heavy atom. The lowest BCUT2D eigenvalue weighted by Gasteiger charge is -2.34. The first-order valence-corrected chi connectivity index (χ1v) is 8.83. The van der Waals surface area contributed by atoms with Gasteiger partial charge in [0.25, 0.3) is 0 Å². The average molecular weight is 348 g/mol. The molecule has 2 aromatic rings. The first-order chi connectivity index (χ1) is 11.7. The standard InChI is InChI=1S/C16H20N4O3S/c21-15(17-3-1-13-10-24-11-19-13)7-14-16(22)18-4-5-20(14)8-12-2-6-23-9-12/h2,6,9-11,14H,1,3-5,7-8H2,(H,17,21)(H,18,22)/t14-/m0/s1. The number of carbonyl (C=O) groups is 2. The minimum atomic E-state index is -0.451. The van der Waals surface area contributed by atoms with E-state index in [0.717, 1.165) is 11.3 Å². The maximum Gasteiger partial charge on any atom is 0.237 e. The minimum Gasteiger partial charge on any atom is -0.472 e. The van der Waals surface area contributed by atoms with Crippen LogP contribution in [-0.2, 0) is 22.6 Å². The zero-order chi connectivity index (χ0) is 16.8. The molecule has 2 N–H and O–H groups in total. The number of hydrogen-bond donors (Lipinski definition) is 2. The van der Waals surface area contributed by atoms with Gasteiger partial charge in [-0.15, -0.1) is 11.3 Å². The Hall–Kier alpha value is -2.19. The molecule has 3 rings (SSSR count). The molecule has 0 aliphatic carbocycles. The molecule has 1 aliphatic rings. The molecule has 0 spiro atoms. The van der Waals surface area contributed by atoms with Crippen LogP contribution in [0.4, 0.5) is 0 Å². The smallest absolute Gasteiger partial charge is 0.237 e. The molecule has 0 radical (unpaired) electrons. The number of nitrogens with one attached hydrogen (secondary N) is 2. The third kappa shape index (κ3) is 4.42. The summed E-state index contributed by atoms with van der Waals surface area (Å²) >= 11 is 1.54. The van der Waals surface area contributed by atoms with Gasteiger partial charge in [0.05, 0.1) is 36.2 Å². The lowest BCUT2D eigenvalue weighted by Crippen LogP contribution is -2.56. The van der Waals surface area contributed by atoms with Crippen LogP contribution >= 0.6 is 11.3 Å². The lowest BCUT2D eigenvalue weighted by atomic mass is 10.1. The summed E-state index contributed by atoms with van der Waals surface area (Å²) in [5.74, 6) is -0.219. The van der Waals surface area contributed by atoms with Crippen LogP contribution in [0.25, 0.3) is 0 Å². The van der Waals surface area contributed by atoms with Gasteiger partial charge in [-0.2, -0.15) is 0 Å². The number of hydrogen-bond acceptors (Lipinski definition) is 6. The Kier molecular flexibility index (Phi) is 5.60. The predicted molar refractivity (Wildman–Crippen MR) is 89.4 cm³/mol. The summed E-state index contributed by atoms with van der Waals surface area (Å²) in [5.41, 5.74) is 3.74. The second-order valence-corrected chi connectivity index (χ2v) is 6.41. The Bertz CT molecular complexity index is 657. The van der Waals surface area contributed by atoms with E-state index in [1.807, 2.05) is 16.3 Å². The molecule has 2 amide bonds. The van der Waals surface area contributed by atoms with Crippen molar-refractivity contribution < 1.29 is 14.0 Å². The van der Waals surface area contributed by atoms with Gasteiger partial charge in [-0.1, -0.05) is 0 Å². The van der Waals surface area contributed by atoms with Gasteiger partial charge >= 0.3 is 0 Å². The van der Waals surface area contributed by atoms with Gasteiger partial charge < -0.3 is 15.1 Å². The molecule has 0 aromatic carbocycles. The molecule has 1 aliphatic heterocycles. The lowest BCUT2D eigenvalue weighted by molar-refractivity contribution is -0.134. The normalized spacial score (nSPS) is 18.3. The number of aromatic nitrogens is 1. The van der Waals surface area contributed by atoms with Crippen LogP contribution in [0.5, 0.6) is 0 Å². The molecule has 0 bridgehead atoms. The molecule has 1 fully saturated rings. The van der Waals surface area contributed by atoms with Crippen LogP contribution < -0.4 is 10.6 Å². The molecule has 1 atom stereocenters. The summed E-state index contributed by atoms with van der Waals surface area (Å²) in [6.45, 7) is 2.44. The molecule has 8 heteroatoms. The van der Waals surface area contributed by atoms with E-state index in [4.69, 9.17) is 4.42 Å². The van der Waals surface area contributed by atoms with E-state index < -0.39 is 6.04 Å². The van der Waals surface area contributed by atoms with Crippen LogP contribution in [-0.4, -0.2) is 47.4 Å². The first-order valence-electron chi connectivity index (χ1n) is 7.89. The SMILES string of the molecule is O=C(C[C@H]1C(=O)NCCN1Cc1ccoc1)NCCc1cscn1. The van der Waals surface area contributed by atoms with Gasteiger partial charge in [-0.25, -0.2) is 4.98 Å². The summed E-state index contributed by atoms with van der Waals surface area (Å²) in [4.78, 5) is 30.5. The largest absolute Gasteiger partial charge is 0.472 e. The van der Waals surface area contributed by atoms with Gasteiger partial charge in [0.2, 0.25) is 11.8 Å². The van der Waals surface area contributed by atoms with E-state index >= 15 is 0 Å². The zero-order valence-electron chi connectivity index (χ0n) is 13.2. The van der Waals surface area contributed by atoms with Crippen molar-refractivity contribution in [3.8, 4) is 0 Å². The number of amides is 2. The van der Waals surface area contributed by atoms with Gasteiger partial charge in [0.15, 0.2) is 0 Å². The van der Waals surface area contributed by atoms with Crippen molar-refractivity contribution in [2.75, 3.05) is 19.6 Å². The molecule has 0 unspecified atom stereocenters. The quantitative estimate of drug-likeness (QED) is 0.772. The van der Waals surface area contributed by atoms with Crippen LogP contribution in [0.2, 0.25) is 0 Å². The second kappa shape index (κ2) is 8.07. The van der Waals surface area contributed by atoms with E-state index in [1.54, 1.807) is 18.0 Å². The van der Waals surface area contributed by atoms with Crippen molar-refractivity contribution >= 4 is 23.2 Å².